The fraction of sp³-hybridized carbons (Fsp3) is 0.286. The molecule has 0 aromatic heterocycles. The van der Waals surface area contributed by atoms with Gasteiger partial charge in [-0.15, -0.1) is 6.42 Å². The van der Waals surface area contributed by atoms with E-state index in [1.807, 2.05) is 37.3 Å². The van der Waals surface area contributed by atoms with E-state index >= 15 is 0 Å². The zero-order valence-corrected chi connectivity index (χ0v) is 14.3. The predicted octanol–water partition coefficient (Wildman–Crippen LogP) is 3.69. The van der Waals surface area contributed by atoms with Crippen LogP contribution >= 0.6 is 0 Å². The zero-order valence-electron chi connectivity index (χ0n) is 14.3. The smallest absolute Gasteiger partial charge is 0.220 e. The van der Waals surface area contributed by atoms with Gasteiger partial charge in [0.1, 0.15) is 18.2 Å². The molecule has 0 aliphatic rings. The van der Waals surface area contributed by atoms with Gasteiger partial charge < -0.3 is 10.1 Å². The fourth-order valence-electron chi connectivity index (χ4n) is 2.50. The number of rotatable bonds is 8. The first-order valence-corrected chi connectivity index (χ1v) is 8.26. The van der Waals surface area contributed by atoms with Crippen LogP contribution in [0.4, 0.5) is 4.39 Å². The van der Waals surface area contributed by atoms with Gasteiger partial charge in [0.15, 0.2) is 0 Å². The van der Waals surface area contributed by atoms with E-state index in [9.17, 15) is 9.18 Å². The Labute approximate surface area is 148 Å². The zero-order chi connectivity index (χ0) is 18.1. The highest BCUT2D eigenvalue weighted by Crippen LogP contribution is 2.19. The molecular weight excluding hydrogens is 317 g/mol. The van der Waals surface area contributed by atoms with E-state index in [1.165, 1.54) is 12.1 Å². The van der Waals surface area contributed by atoms with Gasteiger partial charge in [-0.3, -0.25) is 4.79 Å². The van der Waals surface area contributed by atoms with Crippen molar-refractivity contribution in [2.75, 3.05) is 13.2 Å². The number of carbonyl (C=O) groups excluding carboxylic acids is 1. The number of hydrogen-bond donors (Lipinski definition) is 1. The van der Waals surface area contributed by atoms with Gasteiger partial charge in [-0.1, -0.05) is 37.1 Å². The standard InChI is InChI=1S/C21H22FNO2/c1-3-13-25-20-9-7-17(8-10-20)11-12-23-21(24)14-16(2)18-5-4-6-19(22)15-18/h1,4-10,15-16H,11-14H2,2H3,(H,23,24). The summed E-state index contributed by atoms with van der Waals surface area (Å²) in [4.78, 5) is 12.0. The van der Waals surface area contributed by atoms with Crippen LogP contribution in [0.25, 0.3) is 0 Å². The van der Waals surface area contributed by atoms with Gasteiger partial charge >= 0.3 is 0 Å². The lowest BCUT2D eigenvalue weighted by molar-refractivity contribution is -0.121. The summed E-state index contributed by atoms with van der Waals surface area (Å²) in [6, 6.07) is 14.0. The maximum atomic E-state index is 13.2. The number of nitrogens with one attached hydrogen (secondary N) is 1. The Morgan fingerprint density at radius 1 is 1.28 bits per heavy atom. The van der Waals surface area contributed by atoms with E-state index in [0.29, 0.717) is 13.0 Å². The van der Waals surface area contributed by atoms with Crippen molar-refractivity contribution in [1.29, 1.82) is 0 Å². The molecule has 4 heteroatoms. The van der Waals surface area contributed by atoms with Gasteiger partial charge in [0.05, 0.1) is 0 Å². The molecule has 3 nitrogen and oxygen atoms in total. The van der Waals surface area contributed by atoms with Crippen molar-refractivity contribution in [1.82, 2.24) is 5.32 Å². The molecule has 1 amide bonds. The van der Waals surface area contributed by atoms with Crippen LogP contribution in [0.15, 0.2) is 48.5 Å². The van der Waals surface area contributed by atoms with Crippen LogP contribution < -0.4 is 10.1 Å². The van der Waals surface area contributed by atoms with Crippen LogP contribution in [0.3, 0.4) is 0 Å². The maximum Gasteiger partial charge on any atom is 0.220 e. The van der Waals surface area contributed by atoms with Crippen LogP contribution in [0.2, 0.25) is 0 Å². The van der Waals surface area contributed by atoms with Gasteiger partial charge in [0.25, 0.3) is 0 Å². The summed E-state index contributed by atoms with van der Waals surface area (Å²) in [7, 11) is 0. The second-order valence-corrected chi connectivity index (χ2v) is 5.90. The SMILES string of the molecule is C#CCOc1ccc(CCNC(=O)CC(C)c2cccc(F)c2)cc1. The summed E-state index contributed by atoms with van der Waals surface area (Å²) in [5.74, 6) is 2.81. The largest absolute Gasteiger partial charge is 0.481 e. The number of carbonyl (C=O) groups is 1. The highest BCUT2D eigenvalue weighted by Gasteiger charge is 2.11. The van der Waals surface area contributed by atoms with Crippen molar-refractivity contribution in [3.05, 3.63) is 65.5 Å². The lowest BCUT2D eigenvalue weighted by atomic mass is 9.97. The molecule has 0 spiro atoms. The van der Waals surface area contributed by atoms with E-state index < -0.39 is 0 Å². The number of benzene rings is 2. The van der Waals surface area contributed by atoms with Crippen molar-refractivity contribution < 1.29 is 13.9 Å². The first-order chi connectivity index (χ1) is 12.1. The number of hydrogen-bond acceptors (Lipinski definition) is 2. The highest BCUT2D eigenvalue weighted by molar-refractivity contribution is 5.76. The Morgan fingerprint density at radius 2 is 2.04 bits per heavy atom. The molecule has 0 saturated carbocycles. The third-order valence-corrected chi connectivity index (χ3v) is 3.89. The van der Waals surface area contributed by atoms with E-state index in [1.54, 1.807) is 6.07 Å². The quantitative estimate of drug-likeness (QED) is 0.745. The van der Waals surface area contributed by atoms with Gasteiger partial charge in [-0.05, 0) is 47.7 Å². The van der Waals surface area contributed by atoms with Crippen LogP contribution in [0.1, 0.15) is 30.4 Å². The minimum absolute atomic E-state index is 0.0247. The third-order valence-electron chi connectivity index (χ3n) is 3.89. The number of halogens is 1. The fourth-order valence-corrected chi connectivity index (χ4v) is 2.50. The Bertz CT molecular complexity index is 734. The van der Waals surface area contributed by atoms with E-state index in [0.717, 1.165) is 23.3 Å². The Hall–Kier alpha value is -2.80. The lowest BCUT2D eigenvalue weighted by Crippen LogP contribution is -2.26. The minimum atomic E-state index is -0.278. The molecule has 2 rings (SSSR count). The van der Waals surface area contributed by atoms with Crippen molar-refractivity contribution in [3.63, 3.8) is 0 Å². The van der Waals surface area contributed by atoms with Gasteiger partial charge in [0, 0.05) is 13.0 Å². The first kappa shape index (κ1) is 18.5. The van der Waals surface area contributed by atoms with Gasteiger partial charge in [-0.25, -0.2) is 4.39 Å². The third kappa shape index (κ3) is 6.31. The molecule has 25 heavy (non-hydrogen) atoms. The topological polar surface area (TPSA) is 38.3 Å². The number of ether oxygens (including phenoxy) is 1. The average Bonchev–Trinajstić information content (AvgIpc) is 2.61. The summed E-state index contributed by atoms with van der Waals surface area (Å²) in [6.07, 6.45) is 6.21. The summed E-state index contributed by atoms with van der Waals surface area (Å²) >= 11 is 0. The van der Waals surface area contributed by atoms with Crippen LogP contribution in [-0.4, -0.2) is 19.1 Å². The normalized spacial score (nSPS) is 11.4. The van der Waals surface area contributed by atoms with Gasteiger partial charge in [-0.2, -0.15) is 0 Å². The summed E-state index contributed by atoms with van der Waals surface area (Å²) < 4.78 is 18.5. The Morgan fingerprint density at radius 3 is 2.72 bits per heavy atom. The van der Waals surface area contributed by atoms with E-state index in [4.69, 9.17) is 11.2 Å². The van der Waals surface area contributed by atoms with E-state index in [2.05, 4.69) is 11.2 Å². The minimum Gasteiger partial charge on any atom is -0.481 e. The van der Waals surface area contributed by atoms with Gasteiger partial charge in [0.2, 0.25) is 5.91 Å². The maximum absolute atomic E-state index is 13.2. The molecule has 0 saturated heterocycles. The summed E-state index contributed by atoms with van der Waals surface area (Å²) in [5.41, 5.74) is 1.93. The molecule has 1 unspecified atom stereocenters. The molecule has 0 bridgehead atoms. The van der Waals surface area contributed by atoms with Crippen molar-refractivity contribution in [2.24, 2.45) is 0 Å². The molecule has 0 aliphatic heterocycles. The molecule has 0 aliphatic carbocycles. The van der Waals surface area contributed by atoms with Crippen molar-refractivity contribution in [2.45, 2.75) is 25.7 Å². The Balaban J connectivity index is 1.74. The molecular formula is C21H22FNO2. The molecule has 1 atom stereocenters. The second-order valence-electron chi connectivity index (χ2n) is 5.90. The molecule has 0 heterocycles. The molecule has 2 aromatic carbocycles. The molecule has 2 aromatic rings. The molecule has 130 valence electrons. The molecule has 0 radical (unpaired) electrons. The summed E-state index contributed by atoms with van der Waals surface area (Å²) in [6.45, 7) is 2.72. The Kier molecular flexibility index (Phi) is 7.03. The number of terminal acetylenes is 1. The van der Waals surface area contributed by atoms with Crippen molar-refractivity contribution in [3.8, 4) is 18.1 Å². The monoisotopic (exact) mass is 339 g/mol. The highest BCUT2D eigenvalue weighted by atomic mass is 19.1. The lowest BCUT2D eigenvalue weighted by Gasteiger charge is -2.12. The predicted molar refractivity (Wildman–Crippen MR) is 96.9 cm³/mol. The first-order valence-electron chi connectivity index (χ1n) is 8.26. The number of amides is 1. The summed E-state index contributed by atoms with van der Waals surface area (Å²) in [5, 5.41) is 2.90. The van der Waals surface area contributed by atoms with Crippen LogP contribution in [0.5, 0.6) is 5.75 Å². The van der Waals surface area contributed by atoms with Crippen LogP contribution in [0, 0.1) is 18.2 Å². The molecule has 0 fully saturated rings. The van der Waals surface area contributed by atoms with Crippen molar-refractivity contribution >= 4 is 5.91 Å². The molecule has 1 N–H and O–H groups in total. The van der Waals surface area contributed by atoms with Crippen LogP contribution in [-0.2, 0) is 11.2 Å². The van der Waals surface area contributed by atoms with E-state index in [-0.39, 0.29) is 24.2 Å². The second kappa shape index (κ2) is 9.48. The average molecular weight is 339 g/mol.